The molecule has 0 bridgehead atoms. The Morgan fingerprint density at radius 1 is 1.00 bits per heavy atom. The molecule has 7 nitrogen and oxygen atoms in total. The molecule has 0 radical (unpaired) electrons. The summed E-state index contributed by atoms with van der Waals surface area (Å²) in [6, 6.07) is 7.79. The maximum atomic E-state index is 5.82. The largest absolute Gasteiger partial charge is 0.369 e. The summed E-state index contributed by atoms with van der Waals surface area (Å²) in [5, 5.41) is 0. The Balaban J connectivity index is 1.44. The number of fused-ring (bicyclic) bond motifs is 1. The van der Waals surface area contributed by atoms with Crippen LogP contribution in [-0.4, -0.2) is 31.0 Å². The van der Waals surface area contributed by atoms with Crippen LogP contribution in [-0.2, 0) is 24.5 Å². The van der Waals surface area contributed by atoms with Gasteiger partial charge in [0.15, 0.2) is 0 Å². The van der Waals surface area contributed by atoms with Crippen molar-refractivity contribution in [3.8, 4) is 0 Å². The zero-order chi connectivity index (χ0) is 17.1. The minimum Gasteiger partial charge on any atom is -0.369 e. The first kappa shape index (κ1) is 15.7. The molecule has 0 aliphatic carbocycles. The van der Waals surface area contributed by atoms with E-state index in [2.05, 4.69) is 36.3 Å². The Morgan fingerprint density at radius 3 is 2.64 bits per heavy atom. The zero-order valence-corrected chi connectivity index (χ0v) is 14.1. The average Bonchev–Trinajstić information content (AvgIpc) is 3.08. The van der Waals surface area contributed by atoms with Crippen molar-refractivity contribution >= 4 is 5.95 Å². The Morgan fingerprint density at radius 2 is 1.84 bits per heavy atom. The second kappa shape index (κ2) is 6.98. The summed E-state index contributed by atoms with van der Waals surface area (Å²) in [6.45, 7) is 4.86. The fourth-order valence-corrected chi connectivity index (χ4v) is 3.13. The number of nitrogens with zero attached hydrogens (tertiary/aromatic N) is 6. The summed E-state index contributed by atoms with van der Waals surface area (Å²) in [5.74, 6) is 1.77. The number of pyridine rings is 1. The van der Waals surface area contributed by atoms with Crippen molar-refractivity contribution in [2.45, 2.75) is 32.7 Å². The number of aromatic nitrogens is 5. The molecule has 0 aromatic carbocycles. The lowest BCUT2D eigenvalue weighted by Crippen LogP contribution is -2.38. The van der Waals surface area contributed by atoms with E-state index in [1.54, 1.807) is 18.6 Å². The molecular weight excluding hydrogens is 316 g/mol. The zero-order valence-electron chi connectivity index (χ0n) is 14.1. The van der Waals surface area contributed by atoms with Gasteiger partial charge >= 0.3 is 0 Å². The van der Waals surface area contributed by atoms with E-state index < -0.39 is 0 Å². The lowest BCUT2D eigenvalue weighted by molar-refractivity contribution is 0.0991. The molecule has 0 spiro atoms. The number of hydrogen-bond donors (Lipinski definition) is 0. The Kier molecular flexibility index (Phi) is 4.39. The highest BCUT2D eigenvalue weighted by Crippen LogP contribution is 2.28. The first-order valence-electron chi connectivity index (χ1n) is 8.38. The first-order chi connectivity index (χ1) is 12.3. The van der Waals surface area contributed by atoms with Crippen LogP contribution < -0.4 is 4.90 Å². The van der Waals surface area contributed by atoms with Gasteiger partial charge in [0.25, 0.3) is 0 Å². The molecule has 4 rings (SSSR count). The van der Waals surface area contributed by atoms with Gasteiger partial charge in [-0.25, -0.2) is 15.0 Å². The van der Waals surface area contributed by atoms with Crippen LogP contribution in [0.15, 0.2) is 49.1 Å². The van der Waals surface area contributed by atoms with Crippen LogP contribution in [0.1, 0.15) is 30.2 Å². The van der Waals surface area contributed by atoms with Crippen LogP contribution in [0.3, 0.4) is 0 Å². The molecule has 3 aromatic heterocycles. The minimum absolute atomic E-state index is 0.126. The molecular formula is C18H20N6O. The van der Waals surface area contributed by atoms with Crippen LogP contribution >= 0.6 is 0 Å². The molecule has 3 aromatic rings. The molecule has 1 unspecified atom stereocenters. The molecule has 0 amide bonds. The van der Waals surface area contributed by atoms with E-state index in [0.717, 1.165) is 36.3 Å². The molecule has 25 heavy (non-hydrogen) atoms. The van der Waals surface area contributed by atoms with E-state index in [1.807, 2.05) is 30.5 Å². The summed E-state index contributed by atoms with van der Waals surface area (Å²) in [5.41, 5.74) is 2.02. The quantitative estimate of drug-likeness (QED) is 0.712. The van der Waals surface area contributed by atoms with Gasteiger partial charge in [-0.15, -0.1) is 0 Å². The third-order valence-corrected chi connectivity index (χ3v) is 4.41. The normalized spacial score (nSPS) is 16.7. The van der Waals surface area contributed by atoms with Crippen molar-refractivity contribution in [1.29, 1.82) is 0 Å². The van der Waals surface area contributed by atoms with E-state index >= 15 is 0 Å². The fourth-order valence-electron chi connectivity index (χ4n) is 3.13. The topological polar surface area (TPSA) is 69.0 Å². The van der Waals surface area contributed by atoms with Crippen molar-refractivity contribution in [3.05, 3.63) is 66.3 Å². The second-order valence-corrected chi connectivity index (χ2v) is 5.99. The maximum absolute atomic E-state index is 5.82. The third-order valence-electron chi connectivity index (χ3n) is 4.41. The number of ether oxygens (including phenoxy) is 1. The van der Waals surface area contributed by atoms with Crippen molar-refractivity contribution < 1.29 is 4.74 Å². The van der Waals surface area contributed by atoms with E-state index in [4.69, 9.17) is 4.74 Å². The van der Waals surface area contributed by atoms with Gasteiger partial charge in [-0.05, 0) is 25.1 Å². The minimum atomic E-state index is 0.126. The predicted octanol–water partition coefficient (Wildman–Crippen LogP) is 2.37. The average molecular weight is 336 g/mol. The maximum Gasteiger partial charge on any atom is 0.225 e. The molecule has 1 atom stereocenters. The predicted molar refractivity (Wildman–Crippen MR) is 92.8 cm³/mol. The van der Waals surface area contributed by atoms with Crippen molar-refractivity contribution in [3.63, 3.8) is 0 Å². The highest BCUT2D eigenvalue weighted by Gasteiger charge is 2.28. The molecule has 0 fully saturated rings. The highest BCUT2D eigenvalue weighted by molar-refractivity contribution is 5.34. The van der Waals surface area contributed by atoms with Gasteiger partial charge < -0.3 is 14.2 Å². The van der Waals surface area contributed by atoms with Gasteiger partial charge in [-0.3, -0.25) is 4.98 Å². The molecule has 4 heterocycles. The fraction of sp³-hybridized carbons (Fsp3) is 0.333. The lowest BCUT2D eigenvalue weighted by Gasteiger charge is -2.34. The van der Waals surface area contributed by atoms with Gasteiger partial charge in [0.2, 0.25) is 5.95 Å². The van der Waals surface area contributed by atoms with E-state index in [-0.39, 0.29) is 6.04 Å². The van der Waals surface area contributed by atoms with Crippen molar-refractivity contribution in [2.75, 3.05) is 11.4 Å². The number of rotatable bonds is 5. The number of anilines is 1. The molecule has 128 valence electrons. The van der Waals surface area contributed by atoms with Crippen LogP contribution in [0, 0.1) is 0 Å². The highest BCUT2D eigenvalue weighted by atomic mass is 16.5. The molecule has 1 aliphatic rings. The Bertz CT molecular complexity index is 820. The second-order valence-electron chi connectivity index (χ2n) is 5.99. The number of imidazole rings is 1. The van der Waals surface area contributed by atoms with Gasteiger partial charge in [0, 0.05) is 31.7 Å². The standard InChI is InChI=1S/C18H20N6O/c1-14-17-22-11-16(13-25-12-15-5-2-3-6-19-15)24(17)10-9-23(14)18-20-7-4-8-21-18/h2-8,11,14H,9-10,12-13H2,1H3. The summed E-state index contributed by atoms with van der Waals surface area (Å²) in [7, 11) is 0. The van der Waals surface area contributed by atoms with Crippen LogP contribution in [0.5, 0.6) is 0 Å². The SMILES string of the molecule is CC1c2ncc(COCc3ccccn3)n2CCN1c1ncccn1. The molecule has 0 saturated heterocycles. The van der Waals surface area contributed by atoms with Crippen LogP contribution in [0.25, 0.3) is 0 Å². The summed E-state index contributed by atoms with van der Waals surface area (Å²) in [4.78, 5) is 19.8. The van der Waals surface area contributed by atoms with Crippen LogP contribution in [0.2, 0.25) is 0 Å². The Hall–Kier alpha value is -2.80. The van der Waals surface area contributed by atoms with Crippen molar-refractivity contribution in [2.24, 2.45) is 0 Å². The van der Waals surface area contributed by atoms with Crippen LogP contribution in [0.4, 0.5) is 5.95 Å². The molecule has 0 saturated carbocycles. The number of hydrogen-bond acceptors (Lipinski definition) is 6. The molecule has 7 heteroatoms. The van der Waals surface area contributed by atoms with E-state index in [1.165, 1.54) is 0 Å². The molecule has 0 N–H and O–H groups in total. The monoisotopic (exact) mass is 336 g/mol. The van der Waals surface area contributed by atoms with Crippen molar-refractivity contribution in [1.82, 2.24) is 24.5 Å². The van der Waals surface area contributed by atoms with E-state index in [0.29, 0.717) is 13.2 Å². The summed E-state index contributed by atoms with van der Waals surface area (Å²) >= 11 is 0. The molecule has 1 aliphatic heterocycles. The van der Waals surface area contributed by atoms with Gasteiger partial charge in [-0.2, -0.15) is 0 Å². The summed E-state index contributed by atoms with van der Waals surface area (Å²) < 4.78 is 8.05. The lowest BCUT2D eigenvalue weighted by atomic mass is 10.2. The Labute approximate surface area is 146 Å². The van der Waals surface area contributed by atoms with E-state index in [9.17, 15) is 0 Å². The summed E-state index contributed by atoms with van der Waals surface area (Å²) in [6.07, 6.45) is 7.22. The first-order valence-corrected chi connectivity index (χ1v) is 8.38. The van der Waals surface area contributed by atoms with Gasteiger partial charge in [0.1, 0.15) is 5.82 Å². The smallest absolute Gasteiger partial charge is 0.225 e. The van der Waals surface area contributed by atoms with Gasteiger partial charge in [0.05, 0.1) is 36.8 Å². The van der Waals surface area contributed by atoms with Gasteiger partial charge in [-0.1, -0.05) is 6.07 Å². The third kappa shape index (κ3) is 3.23.